The van der Waals surface area contributed by atoms with Crippen LogP contribution in [0.15, 0.2) is 0 Å². The van der Waals surface area contributed by atoms with Crippen molar-refractivity contribution in [1.82, 2.24) is 0 Å². The molecule has 13 atom stereocenters. The van der Waals surface area contributed by atoms with Gasteiger partial charge in [0, 0.05) is 23.7 Å². The molecule has 0 rings (SSSR count). The van der Waals surface area contributed by atoms with Crippen LogP contribution in [0.3, 0.4) is 0 Å². The normalized spacial score (nSPS) is 19.4. The molecule has 298 valence electrons. The Morgan fingerprint density at radius 2 is 0.804 bits per heavy atom. The molecule has 0 fully saturated rings. The van der Waals surface area contributed by atoms with E-state index in [1.54, 1.807) is 55.4 Å². The Hall–Kier alpha value is -2.89. The summed E-state index contributed by atoms with van der Waals surface area (Å²) in [7, 11) is 0. The predicted molar refractivity (Wildman–Crippen MR) is 180 cm³/mol. The molecule has 51 heavy (non-hydrogen) atoms. The number of ether oxygens (including phenoxy) is 5. The molecule has 0 bridgehead atoms. The highest BCUT2D eigenvalue weighted by Gasteiger charge is 2.42. The maximum atomic E-state index is 13.6. The summed E-state index contributed by atoms with van der Waals surface area (Å²) in [6.07, 6.45) is -13.7. The second kappa shape index (κ2) is 23.6. The molecule has 0 aromatic heterocycles. The first-order valence-electron chi connectivity index (χ1n) is 17.7. The van der Waals surface area contributed by atoms with Crippen molar-refractivity contribution < 1.29 is 78.3 Å². The quantitative estimate of drug-likeness (QED) is 0.0592. The lowest BCUT2D eigenvalue weighted by atomic mass is 9.98. The van der Waals surface area contributed by atoms with E-state index in [1.165, 1.54) is 13.8 Å². The zero-order valence-electron chi connectivity index (χ0n) is 31.6. The van der Waals surface area contributed by atoms with Crippen LogP contribution in [-0.2, 0) is 47.7 Å². The van der Waals surface area contributed by atoms with Crippen molar-refractivity contribution in [3.8, 4) is 0 Å². The first-order chi connectivity index (χ1) is 23.7. The molecule has 0 saturated heterocycles. The Morgan fingerprint density at radius 1 is 0.471 bits per heavy atom. The van der Waals surface area contributed by atoms with Crippen LogP contribution in [0.2, 0.25) is 0 Å². The van der Waals surface area contributed by atoms with Gasteiger partial charge in [-0.05, 0) is 25.2 Å². The van der Waals surface area contributed by atoms with E-state index in [-0.39, 0.29) is 0 Å². The molecule has 0 aromatic rings. The van der Waals surface area contributed by atoms with Crippen LogP contribution in [0.5, 0.6) is 0 Å². The lowest BCUT2D eigenvalue weighted by Crippen LogP contribution is -2.48. The smallest absolute Gasteiger partial charge is 0.348 e. The Kier molecular flexibility index (Phi) is 22.3. The van der Waals surface area contributed by atoms with E-state index in [2.05, 4.69) is 0 Å². The topological polar surface area (TPSA) is 253 Å². The molecule has 6 N–H and O–H groups in total. The van der Waals surface area contributed by atoms with Crippen LogP contribution < -0.4 is 0 Å². The second-order valence-electron chi connectivity index (χ2n) is 13.6. The van der Waals surface area contributed by atoms with Crippen molar-refractivity contribution in [2.45, 2.75) is 150 Å². The summed E-state index contributed by atoms with van der Waals surface area (Å²) >= 11 is 0. The first kappa shape index (κ1) is 48.1. The van der Waals surface area contributed by atoms with Gasteiger partial charge < -0.3 is 54.3 Å². The summed E-state index contributed by atoms with van der Waals surface area (Å²) < 4.78 is 27.0. The molecule has 16 heteroatoms. The van der Waals surface area contributed by atoms with Crippen LogP contribution in [0.1, 0.15) is 94.9 Å². The van der Waals surface area contributed by atoms with Crippen LogP contribution in [0, 0.1) is 29.6 Å². The van der Waals surface area contributed by atoms with Crippen molar-refractivity contribution in [3.05, 3.63) is 0 Å². The standard InChI is InChI=1S/C35H62O16/c1-11-18(7)24(39)31(42)49-28(19(8)12-2)34(45)51-30(21(10)14-4)35(46)50-29(20(9)13-3)33(44)48-27(17(5)6)32(43)47-16-23(38)26(41)25(40)22(37)15-36/h17-30,36-41H,11-16H2,1-10H3/t18-,19+,20+,21-,22+,23-,24-,25+,26-,27-,28-,29-,30-/m0/s1. The van der Waals surface area contributed by atoms with Gasteiger partial charge in [0.1, 0.15) is 31.0 Å². The summed E-state index contributed by atoms with van der Waals surface area (Å²) in [4.78, 5) is 66.0. The highest BCUT2D eigenvalue weighted by Crippen LogP contribution is 2.24. The van der Waals surface area contributed by atoms with Gasteiger partial charge >= 0.3 is 29.8 Å². The second-order valence-corrected chi connectivity index (χ2v) is 13.6. The largest absolute Gasteiger partial charge is 0.460 e. The molecule has 0 aliphatic heterocycles. The van der Waals surface area contributed by atoms with Gasteiger partial charge in [0.05, 0.1) is 6.61 Å². The maximum absolute atomic E-state index is 13.6. The molecule has 0 saturated carbocycles. The van der Waals surface area contributed by atoms with Crippen molar-refractivity contribution in [2.75, 3.05) is 13.2 Å². The first-order valence-corrected chi connectivity index (χ1v) is 17.7. The summed E-state index contributed by atoms with van der Waals surface area (Å²) in [6, 6.07) is 0. The van der Waals surface area contributed by atoms with Gasteiger partial charge in [-0.2, -0.15) is 0 Å². The van der Waals surface area contributed by atoms with Gasteiger partial charge in [-0.15, -0.1) is 0 Å². The van der Waals surface area contributed by atoms with Gasteiger partial charge in [-0.1, -0.05) is 75.7 Å². The van der Waals surface area contributed by atoms with Crippen LogP contribution in [0.25, 0.3) is 0 Å². The molecule has 0 aromatic carbocycles. The lowest BCUT2D eigenvalue weighted by molar-refractivity contribution is -0.196. The average Bonchev–Trinajstić information content (AvgIpc) is 3.12. The van der Waals surface area contributed by atoms with Crippen molar-refractivity contribution >= 4 is 29.8 Å². The Morgan fingerprint density at radius 3 is 1.14 bits per heavy atom. The molecule has 0 unspecified atom stereocenters. The number of carbonyl (C=O) groups excluding carboxylic acids is 5. The third kappa shape index (κ3) is 14.9. The van der Waals surface area contributed by atoms with Gasteiger partial charge in [0.2, 0.25) is 24.4 Å². The molecular weight excluding hydrogens is 676 g/mol. The van der Waals surface area contributed by atoms with E-state index >= 15 is 0 Å². The predicted octanol–water partition coefficient (Wildman–Crippen LogP) is 0.814. The fourth-order valence-electron chi connectivity index (χ4n) is 4.43. The fourth-order valence-corrected chi connectivity index (χ4v) is 4.43. The zero-order chi connectivity index (χ0) is 39.7. The average molecular weight is 739 g/mol. The molecule has 0 heterocycles. The third-order valence-corrected chi connectivity index (χ3v) is 9.14. The van der Waals surface area contributed by atoms with E-state index < -0.39 is 128 Å². The fraction of sp³-hybridized carbons (Fsp3) is 0.857. The number of hydrogen-bond donors (Lipinski definition) is 6. The highest BCUT2D eigenvalue weighted by molar-refractivity contribution is 5.87. The summed E-state index contributed by atoms with van der Waals surface area (Å²) in [5.41, 5.74) is 0. The minimum absolute atomic E-state index is 0.314. The van der Waals surface area contributed by atoms with E-state index in [4.69, 9.17) is 28.8 Å². The Labute approximate surface area is 300 Å². The van der Waals surface area contributed by atoms with Crippen molar-refractivity contribution in [1.29, 1.82) is 0 Å². The summed E-state index contributed by atoms with van der Waals surface area (Å²) in [6.45, 7) is 14.8. The molecule has 0 aliphatic carbocycles. The number of carbonyl (C=O) groups is 5. The molecule has 0 amide bonds. The monoisotopic (exact) mass is 738 g/mol. The SMILES string of the molecule is CC[C@@H](C)[C@H](OC(=O)[C@@H](O)[C@@H](C)CC)C(=O)O[C@H](C(=O)O[C@H](C(=O)O[C@H](C(=O)OC[C@H](O)[C@H](O)[C@H](O)[C@H](O)CO)C(C)C)[C@H](C)CC)[C@@H](C)CC. The van der Waals surface area contributed by atoms with Crippen LogP contribution >= 0.6 is 0 Å². The number of esters is 5. The molecule has 16 nitrogen and oxygen atoms in total. The number of aliphatic hydroxyl groups excluding tert-OH is 6. The highest BCUT2D eigenvalue weighted by atomic mass is 16.6. The van der Waals surface area contributed by atoms with Gasteiger partial charge in [0.25, 0.3) is 0 Å². The van der Waals surface area contributed by atoms with E-state index in [0.29, 0.717) is 25.7 Å². The summed E-state index contributed by atoms with van der Waals surface area (Å²) in [5, 5.41) is 58.7. The molecule has 0 spiro atoms. The minimum Gasteiger partial charge on any atom is -0.460 e. The maximum Gasteiger partial charge on any atom is 0.348 e. The van der Waals surface area contributed by atoms with Crippen LogP contribution in [-0.4, -0.2) is 129 Å². The Balaban J connectivity index is 6.05. The van der Waals surface area contributed by atoms with E-state index in [9.17, 15) is 49.5 Å². The summed E-state index contributed by atoms with van der Waals surface area (Å²) in [5.74, 6) is -8.31. The number of hydrogen-bond acceptors (Lipinski definition) is 16. The Bertz CT molecular complexity index is 1080. The molecule has 0 aliphatic rings. The number of aliphatic hydroxyl groups is 6. The molecule has 0 radical (unpaired) electrons. The third-order valence-electron chi connectivity index (χ3n) is 9.14. The molecular formula is C35H62O16. The minimum atomic E-state index is -1.99. The zero-order valence-corrected chi connectivity index (χ0v) is 31.6. The van der Waals surface area contributed by atoms with Crippen molar-refractivity contribution in [3.63, 3.8) is 0 Å². The lowest BCUT2D eigenvalue weighted by Gasteiger charge is -2.30. The van der Waals surface area contributed by atoms with Crippen LogP contribution in [0.4, 0.5) is 0 Å². The van der Waals surface area contributed by atoms with E-state index in [1.807, 2.05) is 0 Å². The van der Waals surface area contributed by atoms with E-state index in [0.717, 1.165) is 0 Å². The van der Waals surface area contributed by atoms with Gasteiger partial charge in [0.15, 0.2) is 6.10 Å². The van der Waals surface area contributed by atoms with Gasteiger partial charge in [-0.3, -0.25) is 0 Å². The van der Waals surface area contributed by atoms with Crippen molar-refractivity contribution in [2.24, 2.45) is 29.6 Å². The van der Waals surface area contributed by atoms with Gasteiger partial charge in [-0.25, -0.2) is 24.0 Å². The number of rotatable bonds is 24.